The Balaban J connectivity index is 1.31. The molecule has 0 radical (unpaired) electrons. The van der Waals surface area contributed by atoms with E-state index < -0.39 is 29.6 Å². The molecule has 4 fully saturated rings. The first-order valence-corrected chi connectivity index (χ1v) is 14.3. The van der Waals surface area contributed by atoms with Crippen LogP contribution >= 0.6 is 15.9 Å². The van der Waals surface area contributed by atoms with Crippen LogP contribution in [0, 0.1) is 11.8 Å². The van der Waals surface area contributed by atoms with E-state index in [2.05, 4.69) is 26.6 Å². The van der Waals surface area contributed by atoms with E-state index in [0.29, 0.717) is 5.69 Å². The largest absolute Gasteiger partial charge is 0.359 e. The Labute approximate surface area is 220 Å². The van der Waals surface area contributed by atoms with Gasteiger partial charge in [0.05, 0.1) is 17.9 Å². The highest BCUT2D eigenvalue weighted by Gasteiger charge is 2.73. The minimum Gasteiger partial charge on any atom is -0.359 e. The monoisotopic (exact) mass is 555 g/mol. The summed E-state index contributed by atoms with van der Waals surface area (Å²) in [7, 11) is 0. The molecule has 8 heteroatoms. The summed E-state index contributed by atoms with van der Waals surface area (Å²) in [6, 6.07) is 6.81. The van der Waals surface area contributed by atoms with E-state index >= 15 is 0 Å². The smallest absolute Gasteiger partial charge is 0.246 e. The van der Waals surface area contributed by atoms with Gasteiger partial charge in [-0.1, -0.05) is 66.6 Å². The fourth-order valence-corrected chi connectivity index (χ4v) is 7.51. The number of rotatable bonds is 5. The normalized spacial score (nSPS) is 34.1. The standard InChI is InChI=1S/C28H34BrN3O4/c29-17-11-13-19(14-12-17)30-25(33)22-21-15-16-28(36-21)23(22)27(35)32(20-9-5-2-6-10-20)24(28)26(34)31-18-7-3-1-4-8-18/h11-16,18,20-24H,1-10H2,(H,30,33)(H,31,34)/t21-,22?,23-,24?,28?/m1/s1. The molecule has 2 aliphatic carbocycles. The van der Waals surface area contributed by atoms with Crippen molar-refractivity contribution in [1.82, 2.24) is 10.2 Å². The molecule has 3 heterocycles. The topological polar surface area (TPSA) is 87.7 Å². The molecule has 36 heavy (non-hydrogen) atoms. The second-order valence-electron chi connectivity index (χ2n) is 11.1. The Hall–Kier alpha value is -2.19. The van der Waals surface area contributed by atoms with Gasteiger partial charge in [-0.3, -0.25) is 14.4 Å². The molecule has 5 atom stereocenters. The van der Waals surface area contributed by atoms with Crippen molar-refractivity contribution in [3.05, 3.63) is 40.9 Å². The number of anilines is 1. The predicted molar refractivity (Wildman–Crippen MR) is 139 cm³/mol. The predicted octanol–water partition coefficient (Wildman–Crippen LogP) is 4.32. The Kier molecular flexibility index (Phi) is 6.44. The maximum Gasteiger partial charge on any atom is 0.246 e. The van der Waals surface area contributed by atoms with Gasteiger partial charge < -0.3 is 20.3 Å². The maximum atomic E-state index is 14.1. The van der Waals surface area contributed by atoms with Gasteiger partial charge in [-0.05, 0) is 49.9 Å². The zero-order valence-electron chi connectivity index (χ0n) is 20.5. The number of carbonyl (C=O) groups excluding carboxylic acids is 3. The Morgan fingerprint density at radius 3 is 2.31 bits per heavy atom. The maximum absolute atomic E-state index is 14.1. The van der Waals surface area contributed by atoms with E-state index in [9.17, 15) is 14.4 Å². The van der Waals surface area contributed by atoms with E-state index in [4.69, 9.17) is 4.74 Å². The number of amides is 3. The van der Waals surface area contributed by atoms with Crippen molar-refractivity contribution < 1.29 is 19.1 Å². The van der Waals surface area contributed by atoms with Gasteiger partial charge in [0.1, 0.15) is 11.6 Å². The molecule has 2 saturated heterocycles. The summed E-state index contributed by atoms with van der Waals surface area (Å²) < 4.78 is 7.41. The van der Waals surface area contributed by atoms with Crippen LogP contribution in [-0.2, 0) is 19.1 Å². The summed E-state index contributed by atoms with van der Waals surface area (Å²) in [5.74, 6) is -1.81. The number of nitrogens with zero attached hydrogens (tertiary/aromatic N) is 1. The van der Waals surface area contributed by atoms with Gasteiger partial charge in [0.25, 0.3) is 0 Å². The van der Waals surface area contributed by atoms with Crippen LogP contribution in [0.5, 0.6) is 0 Å². The molecule has 1 aromatic rings. The van der Waals surface area contributed by atoms with Crippen LogP contribution in [0.15, 0.2) is 40.9 Å². The molecule has 5 aliphatic rings. The Morgan fingerprint density at radius 2 is 1.61 bits per heavy atom. The minimum atomic E-state index is -1.08. The summed E-state index contributed by atoms with van der Waals surface area (Å²) in [5.41, 5.74) is -0.412. The van der Waals surface area contributed by atoms with Crippen molar-refractivity contribution in [2.45, 2.75) is 94.0 Å². The first kappa shape index (κ1) is 24.2. The molecule has 3 amide bonds. The first-order valence-electron chi connectivity index (χ1n) is 13.5. The number of ether oxygens (including phenoxy) is 1. The highest BCUT2D eigenvalue weighted by molar-refractivity contribution is 9.10. The third kappa shape index (κ3) is 4.01. The number of hydrogen-bond donors (Lipinski definition) is 2. The average Bonchev–Trinajstić information content (AvgIpc) is 3.54. The van der Waals surface area contributed by atoms with Gasteiger partial charge in [0, 0.05) is 22.2 Å². The average molecular weight is 557 g/mol. The van der Waals surface area contributed by atoms with Crippen LogP contribution in [0.25, 0.3) is 0 Å². The van der Waals surface area contributed by atoms with Crippen LogP contribution in [0.4, 0.5) is 5.69 Å². The van der Waals surface area contributed by atoms with Crippen molar-refractivity contribution in [3.8, 4) is 0 Å². The highest BCUT2D eigenvalue weighted by Crippen LogP contribution is 2.56. The van der Waals surface area contributed by atoms with Gasteiger partial charge in [0.15, 0.2) is 0 Å². The first-order chi connectivity index (χ1) is 17.5. The summed E-state index contributed by atoms with van der Waals surface area (Å²) in [6.07, 6.45) is 13.7. The molecule has 2 bridgehead atoms. The lowest BCUT2D eigenvalue weighted by Crippen LogP contribution is -2.58. The van der Waals surface area contributed by atoms with Gasteiger partial charge in [-0.2, -0.15) is 0 Å². The van der Waals surface area contributed by atoms with E-state index in [1.807, 2.05) is 41.3 Å². The lowest BCUT2D eigenvalue weighted by atomic mass is 9.74. The quantitative estimate of drug-likeness (QED) is 0.529. The van der Waals surface area contributed by atoms with Crippen molar-refractivity contribution >= 4 is 39.3 Å². The molecule has 7 nitrogen and oxygen atoms in total. The summed E-state index contributed by atoms with van der Waals surface area (Å²) >= 11 is 3.42. The molecule has 2 N–H and O–H groups in total. The fourth-order valence-electron chi connectivity index (χ4n) is 7.24. The SMILES string of the molecule is O=C(Nc1ccc(Br)cc1)C1[C@H]2C=CC3(O2)C(C(=O)NC2CCCCC2)N(C2CCCCC2)C(=O)[C@@H]13. The van der Waals surface area contributed by atoms with Crippen molar-refractivity contribution in [2.75, 3.05) is 5.32 Å². The summed E-state index contributed by atoms with van der Waals surface area (Å²) in [5, 5.41) is 6.26. The molecule has 2 saturated carbocycles. The van der Waals surface area contributed by atoms with Gasteiger partial charge in [0.2, 0.25) is 17.7 Å². The zero-order chi connectivity index (χ0) is 24.9. The van der Waals surface area contributed by atoms with Gasteiger partial charge in [-0.25, -0.2) is 0 Å². The summed E-state index contributed by atoms with van der Waals surface area (Å²) in [4.78, 5) is 43.4. The number of carbonyl (C=O) groups is 3. The lowest BCUT2D eigenvalue weighted by Gasteiger charge is -2.39. The number of likely N-dealkylation sites (tertiary alicyclic amines) is 1. The van der Waals surface area contributed by atoms with Crippen LogP contribution in [0.1, 0.15) is 64.2 Å². The zero-order valence-corrected chi connectivity index (χ0v) is 22.0. The van der Waals surface area contributed by atoms with Crippen molar-refractivity contribution in [1.29, 1.82) is 0 Å². The van der Waals surface area contributed by atoms with E-state index in [-0.39, 0.29) is 29.8 Å². The van der Waals surface area contributed by atoms with Crippen molar-refractivity contribution in [2.24, 2.45) is 11.8 Å². The van der Waals surface area contributed by atoms with Gasteiger partial charge in [-0.15, -0.1) is 0 Å². The molecule has 1 spiro atoms. The van der Waals surface area contributed by atoms with Crippen LogP contribution in [-0.4, -0.2) is 52.5 Å². The van der Waals surface area contributed by atoms with Crippen LogP contribution in [0.2, 0.25) is 0 Å². The molecular formula is C28H34BrN3O4. The molecule has 3 aliphatic heterocycles. The molecule has 192 valence electrons. The number of hydrogen-bond acceptors (Lipinski definition) is 4. The van der Waals surface area contributed by atoms with E-state index in [1.165, 1.54) is 6.42 Å². The van der Waals surface area contributed by atoms with E-state index in [0.717, 1.165) is 62.3 Å². The number of fused-ring (bicyclic) bond motifs is 1. The Morgan fingerprint density at radius 1 is 0.944 bits per heavy atom. The molecule has 3 unspecified atom stereocenters. The third-order valence-corrected chi connectivity index (χ3v) is 9.42. The highest BCUT2D eigenvalue weighted by atomic mass is 79.9. The minimum absolute atomic E-state index is 0.0135. The molecular weight excluding hydrogens is 522 g/mol. The fraction of sp³-hybridized carbons (Fsp3) is 0.607. The van der Waals surface area contributed by atoms with Crippen LogP contribution < -0.4 is 10.6 Å². The van der Waals surface area contributed by atoms with E-state index in [1.54, 1.807) is 0 Å². The molecule has 1 aromatic carbocycles. The number of benzene rings is 1. The van der Waals surface area contributed by atoms with Crippen molar-refractivity contribution in [3.63, 3.8) is 0 Å². The molecule has 0 aromatic heterocycles. The Bertz CT molecular complexity index is 1060. The second kappa shape index (κ2) is 9.60. The third-order valence-electron chi connectivity index (χ3n) is 8.89. The number of halogens is 1. The van der Waals surface area contributed by atoms with Crippen LogP contribution in [0.3, 0.4) is 0 Å². The second-order valence-corrected chi connectivity index (χ2v) is 12.0. The lowest BCUT2D eigenvalue weighted by molar-refractivity contribution is -0.144. The van der Waals surface area contributed by atoms with Gasteiger partial charge >= 0.3 is 0 Å². The number of nitrogens with one attached hydrogen (secondary N) is 2. The summed E-state index contributed by atoms with van der Waals surface area (Å²) in [6.45, 7) is 0. The molecule has 6 rings (SSSR count).